The van der Waals surface area contributed by atoms with Gasteiger partial charge in [-0.2, -0.15) is 0 Å². The van der Waals surface area contributed by atoms with E-state index >= 15 is 0 Å². The zero-order valence-corrected chi connectivity index (χ0v) is 12.8. The molecular weight excluding hydrogens is 262 g/mol. The number of unbranched alkanes of at least 4 members (excludes halogenated alkanes) is 1. The first-order valence-electron chi connectivity index (χ1n) is 6.52. The van der Waals surface area contributed by atoms with Gasteiger partial charge in [0.05, 0.1) is 5.56 Å². The van der Waals surface area contributed by atoms with Crippen molar-refractivity contribution in [3.05, 3.63) is 35.9 Å². The monoisotopic (exact) mass is 285 g/mol. The largest absolute Gasteiger partial charge is 0.460 e. The molecule has 1 N–H and O–H groups in total. The Hall–Kier alpha value is -1.06. The molecule has 108 valence electrons. The summed E-state index contributed by atoms with van der Waals surface area (Å²) in [6.07, 6.45) is 2.29. The highest BCUT2D eigenvalue weighted by atomic mass is 35.5. The van der Waals surface area contributed by atoms with Crippen LogP contribution in [0.4, 0.5) is 0 Å². The van der Waals surface area contributed by atoms with E-state index in [0.29, 0.717) is 12.2 Å². The topological polar surface area (TPSA) is 38.3 Å². The van der Waals surface area contributed by atoms with Crippen LogP contribution in [-0.4, -0.2) is 24.7 Å². The zero-order chi connectivity index (χ0) is 13.4. The quantitative estimate of drug-likeness (QED) is 0.616. The number of ether oxygens (including phenoxy) is 1. The number of halogens is 1. The molecule has 3 nitrogen and oxygen atoms in total. The van der Waals surface area contributed by atoms with Crippen molar-refractivity contribution in [1.29, 1.82) is 0 Å². The number of carbonyl (C=O) groups is 1. The van der Waals surface area contributed by atoms with Gasteiger partial charge in [-0.1, -0.05) is 31.5 Å². The molecule has 1 aromatic rings. The molecule has 19 heavy (non-hydrogen) atoms. The van der Waals surface area contributed by atoms with Crippen LogP contribution in [0.2, 0.25) is 0 Å². The highest BCUT2D eigenvalue weighted by molar-refractivity contribution is 5.89. The van der Waals surface area contributed by atoms with Crippen LogP contribution < -0.4 is 5.32 Å². The van der Waals surface area contributed by atoms with E-state index < -0.39 is 0 Å². The molecule has 1 rings (SSSR count). The van der Waals surface area contributed by atoms with Crippen molar-refractivity contribution in [2.24, 2.45) is 0 Å². The molecule has 0 aliphatic rings. The van der Waals surface area contributed by atoms with E-state index in [0.717, 1.165) is 19.4 Å². The van der Waals surface area contributed by atoms with Gasteiger partial charge in [-0.15, -0.1) is 12.4 Å². The number of benzene rings is 1. The number of hydrogen-bond donors (Lipinski definition) is 1. The Morgan fingerprint density at radius 1 is 1.26 bits per heavy atom. The molecule has 0 aromatic heterocycles. The van der Waals surface area contributed by atoms with Crippen LogP contribution in [0.1, 0.15) is 44.0 Å². The number of hydrogen-bond acceptors (Lipinski definition) is 3. The van der Waals surface area contributed by atoms with Crippen LogP contribution in [0, 0.1) is 0 Å². The van der Waals surface area contributed by atoms with Gasteiger partial charge in [0.25, 0.3) is 0 Å². The van der Waals surface area contributed by atoms with Crippen molar-refractivity contribution in [2.75, 3.05) is 13.2 Å². The number of esters is 1. The van der Waals surface area contributed by atoms with E-state index in [1.807, 2.05) is 32.0 Å². The van der Waals surface area contributed by atoms with Crippen LogP contribution in [0.25, 0.3) is 0 Å². The minimum atomic E-state index is -0.263. The molecule has 0 amide bonds. The van der Waals surface area contributed by atoms with E-state index in [9.17, 15) is 4.79 Å². The van der Waals surface area contributed by atoms with Crippen LogP contribution in [0.5, 0.6) is 0 Å². The van der Waals surface area contributed by atoms with Crippen molar-refractivity contribution < 1.29 is 9.53 Å². The van der Waals surface area contributed by atoms with Gasteiger partial charge in [0.1, 0.15) is 6.61 Å². The van der Waals surface area contributed by atoms with Crippen molar-refractivity contribution in [3.8, 4) is 0 Å². The van der Waals surface area contributed by atoms with Gasteiger partial charge in [0.15, 0.2) is 0 Å². The predicted octanol–water partition coefficient (Wildman–Crippen LogP) is 3.43. The van der Waals surface area contributed by atoms with Crippen LogP contribution in [0.15, 0.2) is 30.3 Å². The normalized spacial score (nSPS) is 10.7. The fourth-order valence-corrected chi connectivity index (χ4v) is 1.56. The lowest BCUT2D eigenvalue weighted by Gasteiger charge is -2.25. The third-order valence-electron chi connectivity index (χ3n) is 2.71. The predicted molar refractivity (Wildman–Crippen MR) is 81.0 cm³/mol. The third-order valence-corrected chi connectivity index (χ3v) is 2.71. The summed E-state index contributed by atoms with van der Waals surface area (Å²) in [5.41, 5.74) is 0.418. The lowest BCUT2D eigenvalue weighted by atomic mass is 10.1. The van der Waals surface area contributed by atoms with E-state index in [2.05, 4.69) is 12.2 Å². The molecule has 0 heterocycles. The molecule has 0 aliphatic heterocycles. The van der Waals surface area contributed by atoms with Gasteiger partial charge in [-0.25, -0.2) is 4.79 Å². The molecule has 0 saturated heterocycles. The molecular formula is C15H24ClNO2. The number of nitrogens with one attached hydrogen (secondary N) is 1. The lowest BCUT2D eigenvalue weighted by Crippen LogP contribution is -2.44. The Bertz CT molecular complexity index is 366. The van der Waals surface area contributed by atoms with Gasteiger partial charge < -0.3 is 10.1 Å². The summed E-state index contributed by atoms with van der Waals surface area (Å²) in [6.45, 7) is 7.57. The minimum absolute atomic E-state index is 0. The Balaban J connectivity index is 0.00000324. The summed E-state index contributed by atoms with van der Waals surface area (Å²) in [7, 11) is 0. The summed E-state index contributed by atoms with van der Waals surface area (Å²) in [6, 6.07) is 9.08. The first kappa shape index (κ1) is 17.9. The number of rotatable bonds is 7. The van der Waals surface area contributed by atoms with E-state index in [1.165, 1.54) is 0 Å². The molecule has 0 radical (unpaired) electrons. The Morgan fingerprint density at radius 2 is 1.89 bits per heavy atom. The molecule has 0 saturated carbocycles. The molecule has 0 atom stereocenters. The van der Waals surface area contributed by atoms with Crippen LogP contribution in [0.3, 0.4) is 0 Å². The zero-order valence-electron chi connectivity index (χ0n) is 11.9. The smallest absolute Gasteiger partial charge is 0.338 e. The lowest BCUT2D eigenvalue weighted by molar-refractivity contribution is 0.0400. The Labute approximate surface area is 122 Å². The summed E-state index contributed by atoms with van der Waals surface area (Å²) >= 11 is 0. The Morgan fingerprint density at radius 3 is 2.47 bits per heavy atom. The van der Waals surface area contributed by atoms with Crippen molar-refractivity contribution >= 4 is 18.4 Å². The van der Waals surface area contributed by atoms with Gasteiger partial charge >= 0.3 is 5.97 Å². The van der Waals surface area contributed by atoms with Crippen molar-refractivity contribution in [1.82, 2.24) is 5.32 Å². The van der Waals surface area contributed by atoms with E-state index in [4.69, 9.17) is 4.74 Å². The summed E-state index contributed by atoms with van der Waals surface area (Å²) in [4.78, 5) is 11.8. The highest BCUT2D eigenvalue weighted by Crippen LogP contribution is 2.07. The van der Waals surface area contributed by atoms with Gasteiger partial charge in [-0.3, -0.25) is 0 Å². The van der Waals surface area contributed by atoms with Gasteiger partial charge in [-0.05, 0) is 38.9 Å². The SMILES string of the molecule is CCCCNC(C)(C)COC(=O)c1ccccc1.Cl. The average Bonchev–Trinajstić information content (AvgIpc) is 2.37. The molecule has 4 heteroatoms. The number of carbonyl (C=O) groups excluding carboxylic acids is 1. The van der Waals surface area contributed by atoms with Gasteiger partial charge in [0, 0.05) is 5.54 Å². The van der Waals surface area contributed by atoms with E-state index in [-0.39, 0.29) is 23.9 Å². The Kier molecular flexibility index (Phi) is 8.44. The van der Waals surface area contributed by atoms with Crippen molar-refractivity contribution in [2.45, 2.75) is 39.2 Å². The fraction of sp³-hybridized carbons (Fsp3) is 0.533. The maximum atomic E-state index is 11.8. The average molecular weight is 286 g/mol. The standard InChI is InChI=1S/C15H23NO2.ClH/c1-4-5-11-16-15(2,3)12-18-14(17)13-9-7-6-8-10-13;/h6-10,16H,4-5,11-12H2,1-3H3;1H. The van der Waals surface area contributed by atoms with E-state index in [1.54, 1.807) is 12.1 Å². The molecule has 1 aromatic carbocycles. The minimum Gasteiger partial charge on any atom is -0.460 e. The first-order valence-corrected chi connectivity index (χ1v) is 6.52. The molecule has 0 aliphatic carbocycles. The second-order valence-corrected chi connectivity index (χ2v) is 5.11. The summed E-state index contributed by atoms with van der Waals surface area (Å²) < 4.78 is 5.32. The van der Waals surface area contributed by atoms with Crippen LogP contribution >= 0.6 is 12.4 Å². The fourth-order valence-electron chi connectivity index (χ4n) is 1.56. The maximum absolute atomic E-state index is 11.8. The maximum Gasteiger partial charge on any atom is 0.338 e. The third kappa shape index (κ3) is 7.19. The molecule has 0 spiro atoms. The summed E-state index contributed by atoms with van der Waals surface area (Å²) in [5, 5.41) is 3.39. The summed E-state index contributed by atoms with van der Waals surface area (Å²) in [5.74, 6) is -0.263. The highest BCUT2D eigenvalue weighted by Gasteiger charge is 2.19. The molecule has 0 unspecified atom stereocenters. The molecule has 0 fully saturated rings. The second kappa shape index (κ2) is 8.94. The molecule has 0 bridgehead atoms. The first-order chi connectivity index (χ1) is 8.55. The van der Waals surface area contributed by atoms with Gasteiger partial charge in [0.2, 0.25) is 0 Å². The van der Waals surface area contributed by atoms with Crippen LogP contribution in [-0.2, 0) is 4.74 Å². The van der Waals surface area contributed by atoms with Crippen molar-refractivity contribution in [3.63, 3.8) is 0 Å². The second-order valence-electron chi connectivity index (χ2n) is 5.11.